The van der Waals surface area contributed by atoms with Crippen LogP contribution in [0.5, 0.6) is 11.5 Å². The highest BCUT2D eigenvalue weighted by atomic mass is 35.5. The molecule has 1 aliphatic rings. The maximum Gasteiger partial charge on any atom is 0.224 e. The van der Waals surface area contributed by atoms with Gasteiger partial charge in [-0.2, -0.15) is 0 Å². The summed E-state index contributed by atoms with van der Waals surface area (Å²) in [7, 11) is 0. The first-order valence-electron chi connectivity index (χ1n) is 9.37. The highest BCUT2D eigenvalue weighted by Gasteiger charge is 2.20. The summed E-state index contributed by atoms with van der Waals surface area (Å²) in [5.41, 5.74) is 0. The first-order chi connectivity index (χ1) is 13.6. The first kappa shape index (κ1) is 20.4. The molecule has 2 aromatic rings. The SMILES string of the molecule is O=C1CCN(CCOc2ccc(Cl)cc2)CCN1CCOc1ccc(F)cc1. The van der Waals surface area contributed by atoms with Crippen molar-refractivity contribution in [2.45, 2.75) is 6.42 Å². The van der Waals surface area contributed by atoms with Crippen LogP contribution in [0.1, 0.15) is 6.42 Å². The van der Waals surface area contributed by atoms with E-state index in [0.717, 1.165) is 25.4 Å². The Morgan fingerprint density at radius 1 is 0.857 bits per heavy atom. The van der Waals surface area contributed by atoms with Gasteiger partial charge in [0.1, 0.15) is 30.5 Å². The fraction of sp³-hybridized carbons (Fsp3) is 0.381. The highest BCUT2D eigenvalue weighted by molar-refractivity contribution is 6.30. The van der Waals surface area contributed by atoms with Crippen LogP contribution >= 0.6 is 11.6 Å². The van der Waals surface area contributed by atoms with E-state index in [-0.39, 0.29) is 11.7 Å². The van der Waals surface area contributed by atoms with Crippen LogP contribution in [0, 0.1) is 5.82 Å². The average molecular weight is 407 g/mol. The summed E-state index contributed by atoms with van der Waals surface area (Å²) in [5.74, 6) is 1.22. The van der Waals surface area contributed by atoms with Gasteiger partial charge in [-0.25, -0.2) is 4.39 Å². The standard InChI is InChI=1S/C21H24ClFN2O3/c22-17-1-5-19(6-2-17)27-15-13-24-10-9-21(26)25(12-11-24)14-16-28-20-7-3-18(23)4-8-20/h1-8H,9-16H2. The zero-order valence-corrected chi connectivity index (χ0v) is 16.4. The molecule has 0 aromatic heterocycles. The molecular weight excluding hydrogens is 383 g/mol. The van der Waals surface area contributed by atoms with Crippen molar-refractivity contribution >= 4 is 17.5 Å². The van der Waals surface area contributed by atoms with Crippen LogP contribution in [0.15, 0.2) is 48.5 Å². The molecule has 5 nitrogen and oxygen atoms in total. The molecule has 1 fully saturated rings. The smallest absolute Gasteiger partial charge is 0.224 e. The number of carbonyl (C=O) groups is 1. The lowest BCUT2D eigenvalue weighted by molar-refractivity contribution is -0.130. The van der Waals surface area contributed by atoms with E-state index >= 15 is 0 Å². The molecule has 0 unspecified atom stereocenters. The number of benzene rings is 2. The Morgan fingerprint density at radius 3 is 2.14 bits per heavy atom. The van der Waals surface area contributed by atoms with Crippen molar-refractivity contribution in [2.75, 3.05) is 45.9 Å². The van der Waals surface area contributed by atoms with Crippen LogP contribution in [0.4, 0.5) is 4.39 Å². The highest BCUT2D eigenvalue weighted by Crippen LogP contribution is 2.15. The van der Waals surface area contributed by atoms with Crippen LogP contribution in [-0.2, 0) is 4.79 Å². The maximum atomic E-state index is 12.9. The van der Waals surface area contributed by atoms with E-state index < -0.39 is 0 Å². The zero-order chi connectivity index (χ0) is 19.8. The number of carbonyl (C=O) groups excluding carboxylic acids is 1. The molecule has 0 bridgehead atoms. The molecular formula is C21H24ClFN2O3. The number of rotatable bonds is 8. The summed E-state index contributed by atoms with van der Waals surface area (Å²) in [6, 6.07) is 13.2. The van der Waals surface area contributed by atoms with Gasteiger partial charge < -0.3 is 14.4 Å². The van der Waals surface area contributed by atoms with Crippen molar-refractivity contribution in [2.24, 2.45) is 0 Å². The minimum absolute atomic E-state index is 0.129. The molecule has 0 saturated carbocycles. The Labute approximate surface area is 169 Å². The monoisotopic (exact) mass is 406 g/mol. The predicted molar refractivity (Wildman–Crippen MR) is 106 cm³/mol. The molecule has 150 valence electrons. The van der Waals surface area contributed by atoms with Gasteiger partial charge in [-0.05, 0) is 48.5 Å². The van der Waals surface area contributed by atoms with Gasteiger partial charge in [-0.1, -0.05) is 11.6 Å². The van der Waals surface area contributed by atoms with Gasteiger partial charge in [0.15, 0.2) is 0 Å². The van der Waals surface area contributed by atoms with Crippen LogP contribution in [0.2, 0.25) is 5.02 Å². The summed E-state index contributed by atoms with van der Waals surface area (Å²) in [6.45, 7) is 4.40. The van der Waals surface area contributed by atoms with Gasteiger partial charge in [-0.3, -0.25) is 9.69 Å². The number of ether oxygens (including phenoxy) is 2. The minimum atomic E-state index is -0.296. The van der Waals surface area contributed by atoms with Crippen molar-refractivity contribution in [3.8, 4) is 11.5 Å². The third-order valence-electron chi connectivity index (χ3n) is 4.61. The van der Waals surface area contributed by atoms with E-state index in [4.69, 9.17) is 21.1 Å². The molecule has 1 heterocycles. The Morgan fingerprint density at radius 2 is 1.46 bits per heavy atom. The van der Waals surface area contributed by atoms with Crippen LogP contribution in [-0.4, -0.2) is 61.6 Å². The molecule has 2 aromatic carbocycles. The molecule has 0 spiro atoms. The molecule has 28 heavy (non-hydrogen) atoms. The second-order valence-electron chi connectivity index (χ2n) is 6.58. The molecule has 1 aliphatic heterocycles. The van der Waals surface area contributed by atoms with Crippen molar-refractivity contribution in [1.82, 2.24) is 9.80 Å². The molecule has 1 amide bonds. The van der Waals surface area contributed by atoms with Gasteiger partial charge in [0.2, 0.25) is 5.91 Å². The first-order valence-corrected chi connectivity index (χ1v) is 9.75. The Bertz CT molecular complexity index is 755. The lowest BCUT2D eigenvalue weighted by atomic mass is 10.3. The number of halogens is 2. The second-order valence-corrected chi connectivity index (χ2v) is 7.01. The lowest BCUT2D eigenvalue weighted by Gasteiger charge is -2.22. The minimum Gasteiger partial charge on any atom is -0.492 e. The Kier molecular flexibility index (Phi) is 7.51. The number of hydrogen-bond acceptors (Lipinski definition) is 4. The lowest BCUT2D eigenvalue weighted by Crippen LogP contribution is -2.36. The largest absolute Gasteiger partial charge is 0.492 e. The van der Waals surface area contributed by atoms with E-state index in [9.17, 15) is 9.18 Å². The third-order valence-corrected chi connectivity index (χ3v) is 4.87. The molecule has 0 N–H and O–H groups in total. The van der Waals surface area contributed by atoms with E-state index in [1.807, 2.05) is 17.0 Å². The number of amides is 1. The molecule has 7 heteroatoms. The number of hydrogen-bond donors (Lipinski definition) is 0. The van der Waals surface area contributed by atoms with Crippen molar-refractivity contribution in [1.29, 1.82) is 0 Å². The van der Waals surface area contributed by atoms with Gasteiger partial charge in [0.05, 0.1) is 6.54 Å². The Hall–Kier alpha value is -2.31. The third kappa shape index (κ3) is 6.39. The summed E-state index contributed by atoms with van der Waals surface area (Å²) in [6.07, 6.45) is 0.484. The fourth-order valence-electron chi connectivity index (χ4n) is 3.00. The van der Waals surface area contributed by atoms with Gasteiger partial charge in [-0.15, -0.1) is 0 Å². The molecule has 0 radical (unpaired) electrons. The van der Waals surface area contributed by atoms with E-state index in [2.05, 4.69) is 4.90 Å². The summed E-state index contributed by atoms with van der Waals surface area (Å²) < 4.78 is 24.2. The summed E-state index contributed by atoms with van der Waals surface area (Å²) in [5, 5.41) is 0.682. The van der Waals surface area contributed by atoms with E-state index in [0.29, 0.717) is 43.5 Å². The Balaban J connectivity index is 1.38. The average Bonchev–Trinajstić information content (AvgIpc) is 2.87. The quantitative estimate of drug-likeness (QED) is 0.673. The topological polar surface area (TPSA) is 42.0 Å². The van der Waals surface area contributed by atoms with Gasteiger partial charge in [0, 0.05) is 37.6 Å². The summed E-state index contributed by atoms with van der Waals surface area (Å²) >= 11 is 5.87. The normalized spacial score (nSPS) is 15.4. The summed E-state index contributed by atoms with van der Waals surface area (Å²) in [4.78, 5) is 16.4. The number of nitrogens with zero attached hydrogens (tertiary/aromatic N) is 2. The molecule has 0 atom stereocenters. The maximum absolute atomic E-state index is 12.9. The zero-order valence-electron chi connectivity index (χ0n) is 15.7. The van der Waals surface area contributed by atoms with Gasteiger partial charge in [0.25, 0.3) is 0 Å². The van der Waals surface area contributed by atoms with Gasteiger partial charge >= 0.3 is 0 Å². The van der Waals surface area contributed by atoms with E-state index in [1.165, 1.54) is 12.1 Å². The van der Waals surface area contributed by atoms with Crippen molar-refractivity contribution in [3.63, 3.8) is 0 Å². The van der Waals surface area contributed by atoms with Crippen LogP contribution in [0.3, 0.4) is 0 Å². The van der Waals surface area contributed by atoms with E-state index in [1.54, 1.807) is 24.3 Å². The molecule has 3 rings (SSSR count). The van der Waals surface area contributed by atoms with Crippen molar-refractivity contribution < 1.29 is 18.7 Å². The molecule has 1 saturated heterocycles. The second kappa shape index (κ2) is 10.3. The van der Waals surface area contributed by atoms with Crippen molar-refractivity contribution in [3.05, 3.63) is 59.4 Å². The fourth-order valence-corrected chi connectivity index (χ4v) is 3.12. The van der Waals surface area contributed by atoms with Crippen LogP contribution in [0.25, 0.3) is 0 Å². The molecule has 0 aliphatic carbocycles. The van der Waals surface area contributed by atoms with Crippen LogP contribution < -0.4 is 9.47 Å². The predicted octanol–water partition coefficient (Wildman–Crippen LogP) is 3.47.